The molecule has 0 bridgehead atoms. The molecule has 142 valence electrons. The summed E-state index contributed by atoms with van der Waals surface area (Å²) in [5.74, 6) is 1.58. The van der Waals surface area contributed by atoms with Crippen molar-refractivity contribution in [1.29, 1.82) is 0 Å². The Balaban J connectivity index is 1.89. The van der Waals surface area contributed by atoms with Crippen LogP contribution in [0.1, 0.15) is 30.7 Å². The van der Waals surface area contributed by atoms with Crippen molar-refractivity contribution in [3.63, 3.8) is 0 Å². The Bertz CT molecular complexity index is 677. The molecule has 0 spiro atoms. The number of methoxy groups -OCH3 is 1. The Morgan fingerprint density at radius 3 is 3.00 bits per heavy atom. The lowest BCUT2D eigenvalue weighted by Gasteiger charge is -2.21. The molecule has 8 heteroatoms. The third-order valence-electron chi connectivity index (χ3n) is 3.62. The fourth-order valence-electron chi connectivity index (χ4n) is 2.22. The molecule has 2 aromatic rings. The van der Waals surface area contributed by atoms with Crippen LogP contribution in [0.2, 0.25) is 0 Å². The first kappa shape index (κ1) is 20.1. The molecule has 2 rings (SSSR count). The maximum atomic E-state index is 5.63. The minimum Gasteiger partial charge on any atom is -0.490 e. The lowest BCUT2D eigenvalue weighted by Crippen LogP contribution is -2.38. The van der Waals surface area contributed by atoms with Crippen LogP contribution in [-0.4, -0.2) is 54.7 Å². The second kappa shape index (κ2) is 10.7. The first-order valence-electron chi connectivity index (χ1n) is 8.63. The van der Waals surface area contributed by atoms with E-state index in [0.29, 0.717) is 19.7 Å². The van der Waals surface area contributed by atoms with E-state index in [-0.39, 0.29) is 6.10 Å². The Labute approximate surface area is 159 Å². The topological polar surface area (TPSA) is 71.9 Å². The Morgan fingerprint density at radius 2 is 2.31 bits per heavy atom. The Kier molecular flexibility index (Phi) is 8.30. The van der Waals surface area contributed by atoms with E-state index in [1.807, 2.05) is 26.1 Å². The van der Waals surface area contributed by atoms with Gasteiger partial charge in [0, 0.05) is 32.3 Å². The minimum atomic E-state index is 0.0191. The first-order chi connectivity index (χ1) is 12.6. The number of nitrogens with one attached hydrogen (secondary N) is 1. The first-order valence-corrected chi connectivity index (χ1v) is 9.51. The number of thiazole rings is 1. The number of hydrogen-bond donors (Lipinski definition) is 1. The maximum Gasteiger partial charge on any atom is 0.194 e. The number of guanidine groups is 1. The largest absolute Gasteiger partial charge is 0.490 e. The molecule has 0 saturated heterocycles. The second-order valence-corrected chi connectivity index (χ2v) is 6.57. The van der Waals surface area contributed by atoms with Crippen molar-refractivity contribution in [1.82, 2.24) is 20.2 Å². The van der Waals surface area contributed by atoms with Crippen molar-refractivity contribution in [3.05, 3.63) is 40.6 Å². The lowest BCUT2D eigenvalue weighted by atomic mass is 10.4. The molecule has 0 amide bonds. The molecule has 0 saturated carbocycles. The van der Waals surface area contributed by atoms with Gasteiger partial charge in [0.25, 0.3) is 0 Å². The average Bonchev–Trinajstić information content (AvgIpc) is 3.12. The molecular weight excluding hydrogens is 350 g/mol. The highest BCUT2D eigenvalue weighted by Gasteiger charge is 2.12. The number of aromatic nitrogens is 2. The van der Waals surface area contributed by atoms with Gasteiger partial charge in [-0.25, -0.2) is 9.98 Å². The molecule has 1 unspecified atom stereocenters. The van der Waals surface area contributed by atoms with Crippen molar-refractivity contribution in [3.8, 4) is 5.75 Å². The van der Waals surface area contributed by atoms with Crippen molar-refractivity contribution >= 4 is 17.3 Å². The molecule has 0 fully saturated rings. The smallest absolute Gasteiger partial charge is 0.194 e. The van der Waals surface area contributed by atoms with Crippen LogP contribution in [0.15, 0.2) is 34.9 Å². The van der Waals surface area contributed by atoms with Crippen LogP contribution in [0.3, 0.4) is 0 Å². The van der Waals surface area contributed by atoms with Crippen molar-refractivity contribution in [2.24, 2.45) is 4.99 Å². The molecule has 0 aliphatic heterocycles. The van der Waals surface area contributed by atoms with Crippen LogP contribution in [0.25, 0.3) is 0 Å². The van der Waals surface area contributed by atoms with Crippen molar-refractivity contribution < 1.29 is 9.47 Å². The molecule has 0 aromatic carbocycles. The number of pyridine rings is 1. The second-order valence-electron chi connectivity index (χ2n) is 5.68. The van der Waals surface area contributed by atoms with E-state index in [0.717, 1.165) is 29.0 Å². The van der Waals surface area contributed by atoms with Gasteiger partial charge in [0.05, 0.1) is 25.0 Å². The summed E-state index contributed by atoms with van der Waals surface area (Å²) in [4.78, 5) is 15.3. The van der Waals surface area contributed by atoms with Crippen LogP contribution < -0.4 is 10.1 Å². The van der Waals surface area contributed by atoms with Gasteiger partial charge >= 0.3 is 0 Å². The van der Waals surface area contributed by atoms with Crippen molar-refractivity contribution in [2.45, 2.75) is 26.5 Å². The van der Waals surface area contributed by atoms with Crippen LogP contribution in [0, 0.1) is 0 Å². The van der Waals surface area contributed by atoms with E-state index in [2.05, 4.69) is 37.5 Å². The highest BCUT2D eigenvalue weighted by Crippen LogP contribution is 2.20. The summed E-state index contributed by atoms with van der Waals surface area (Å²) >= 11 is 1.62. The molecule has 0 aliphatic carbocycles. The third-order valence-corrected chi connectivity index (χ3v) is 4.68. The highest BCUT2D eigenvalue weighted by atomic mass is 32.1. The maximum absolute atomic E-state index is 5.63. The van der Waals surface area contributed by atoms with Crippen LogP contribution in [-0.2, 0) is 11.3 Å². The van der Waals surface area contributed by atoms with Gasteiger partial charge in [-0.2, -0.15) is 0 Å². The molecule has 7 nitrogen and oxygen atoms in total. The molecule has 26 heavy (non-hydrogen) atoms. The molecule has 2 aromatic heterocycles. The van der Waals surface area contributed by atoms with Gasteiger partial charge in [0.2, 0.25) is 0 Å². The van der Waals surface area contributed by atoms with Gasteiger partial charge < -0.3 is 19.7 Å². The third kappa shape index (κ3) is 6.27. The lowest BCUT2D eigenvalue weighted by molar-refractivity contribution is 0.119. The standard InChI is InChI=1S/C18H27N5O2S/c1-5-20-18(21-9-10-25-16-7-6-8-19-11-16)23(3)12-15-13-26-17(22-15)14(2)24-4/h6-8,11,13-14H,5,9-10,12H2,1-4H3,(H,20,21). The monoisotopic (exact) mass is 377 g/mol. The molecule has 0 radical (unpaired) electrons. The number of nitrogens with zero attached hydrogens (tertiary/aromatic N) is 4. The van der Waals surface area contributed by atoms with Crippen LogP contribution in [0.5, 0.6) is 5.75 Å². The van der Waals surface area contributed by atoms with Gasteiger partial charge in [-0.3, -0.25) is 4.98 Å². The average molecular weight is 378 g/mol. The molecule has 1 atom stereocenters. The van der Waals surface area contributed by atoms with E-state index >= 15 is 0 Å². The van der Waals surface area contributed by atoms with Gasteiger partial charge in [-0.05, 0) is 26.0 Å². The number of rotatable bonds is 9. The summed E-state index contributed by atoms with van der Waals surface area (Å²) in [7, 11) is 3.70. The van der Waals surface area contributed by atoms with E-state index in [9.17, 15) is 0 Å². The summed E-state index contributed by atoms with van der Waals surface area (Å²) in [5, 5.41) is 6.36. The van der Waals surface area contributed by atoms with E-state index in [1.165, 1.54) is 0 Å². The number of ether oxygens (including phenoxy) is 2. The van der Waals surface area contributed by atoms with Gasteiger partial charge in [-0.1, -0.05) is 0 Å². The SMILES string of the molecule is CCNC(=NCCOc1cccnc1)N(C)Cc1csc(C(C)OC)n1. The predicted octanol–water partition coefficient (Wildman–Crippen LogP) is 2.72. The predicted molar refractivity (Wildman–Crippen MR) is 105 cm³/mol. The van der Waals surface area contributed by atoms with Crippen molar-refractivity contribution in [2.75, 3.05) is 33.9 Å². The zero-order chi connectivity index (χ0) is 18.8. The Morgan fingerprint density at radius 1 is 1.46 bits per heavy atom. The fraction of sp³-hybridized carbons (Fsp3) is 0.500. The van der Waals surface area contributed by atoms with Gasteiger partial charge in [-0.15, -0.1) is 11.3 Å². The van der Waals surface area contributed by atoms with E-state index in [4.69, 9.17) is 9.47 Å². The summed E-state index contributed by atoms with van der Waals surface area (Å²) < 4.78 is 11.0. The molecule has 1 N–H and O–H groups in total. The quantitative estimate of drug-likeness (QED) is 0.412. The van der Waals surface area contributed by atoms with Crippen LogP contribution in [0.4, 0.5) is 0 Å². The van der Waals surface area contributed by atoms with Crippen LogP contribution >= 0.6 is 11.3 Å². The zero-order valence-electron chi connectivity index (χ0n) is 15.8. The highest BCUT2D eigenvalue weighted by molar-refractivity contribution is 7.09. The zero-order valence-corrected chi connectivity index (χ0v) is 16.6. The summed E-state index contributed by atoms with van der Waals surface area (Å²) in [6.07, 6.45) is 3.44. The van der Waals surface area contributed by atoms with Gasteiger partial charge in [0.15, 0.2) is 5.96 Å². The summed E-state index contributed by atoms with van der Waals surface area (Å²) in [6, 6.07) is 3.73. The normalized spacial score (nSPS) is 12.7. The fourth-order valence-corrected chi connectivity index (χ4v) is 3.06. The van der Waals surface area contributed by atoms with E-state index in [1.54, 1.807) is 30.8 Å². The molecule has 0 aliphatic rings. The van der Waals surface area contributed by atoms with E-state index < -0.39 is 0 Å². The summed E-state index contributed by atoms with van der Waals surface area (Å²) in [5.41, 5.74) is 1.01. The Hall–Kier alpha value is -2.19. The van der Waals surface area contributed by atoms with Gasteiger partial charge in [0.1, 0.15) is 23.5 Å². The molecule has 2 heterocycles. The molecular formula is C18H27N5O2S. The number of aliphatic imine (C=N–C) groups is 1. The summed E-state index contributed by atoms with van der Waals surface area (Å²) in [6.45, 7) is 6.60. The minimum absolute atomic E-state index is 0.0191. The number of hydrogen-bond acceptors (Lipinski definition) is 6.